The van der Waals surface area contributed by atoms with Gasteiger partial charge in [-0.1, -0.05) is 23.8 Å². The summed E-state index contributed by atoms with van der Waals surface area (Å²) in [6.07, 6.45) is 0.105. The molecule has 1 N–H and O–H groups in total. The molecule has 0 saturated heterocycles. The summed E-state index contributed by atoms with van der Waals surface area (Å²) in [5.74, 6) is -1.62. The van der Waals surface area contributed by atoms with Gasteiger partial charge in [-0.2, -0.15) is 0 Å². The number of carbonyl (C=O) groups is 2. The third kappa shape index (κ3) is 1.21. The molecule has 1 aromatic rings. The van der Waals surface area contributed by atoms with Gasteiger partial charge < -0.3 is 5.11 Å². The minimum Gasteiger partial charge on any atom is -0.481 e. The van der Waals surface area contributed by atoms with Crippen molar-refractivity contribution >= 4 is 11.8 Å². The Labute approximate surface area is 81.4 Å². The number of ketones is 1. The second kappa shape index (κ2) is 2.94. The molecule has 14 heavy (non-hydrogen) atoms. The van der Waals surface area contributed by atoms with Crippen molar-refractivity contribution in [2.45, 2.75) is 19.3 Å². The summed E-state index contributed by atoms with van der Waals surface area (Å²) in [5, 5.41) is 8.92. The van der Waals surface area contributed by atoms with Crippen LogP contribution in [0, 0.1) is 6.92 Å². The Kier molecular flexibility index (Phi) is 1.88. The largest absolute Gasteiger partial charge is 0.481 e. The van der Waals surface area contributed by atoms with Crippen molar-refractivity contribution < 1.29 is 14.7 Å². The van der Waals surface area contributed by atoms with Gasteiger partial charge in [-0.05, 0) is 12.5 Å². The first-order chi connectivity index (χ1) is 6.59. The molecule has 3 heteroatoms. The lowest BCUT2D eigenvalue weighted by molar-refractivity contribution is -0.138. The van der Waals surface area contributed by atoms with Crippen molar-refractivity contribution in [1.82, 2.24) is 0 Å². The molecule has 1 aromatic carbocycles. The lowest BCUT2D eigenvalue weighted by Crippen LogP contribution is -2.08. The van der Waals surface area contributed by atoms with Crippen molar-refractivity contribution in [3.05, 3.63) is 34.9 Å². The van der Waals surface area contributed by atoms with E-state index in [-0.39, 0.29) is 12.2 Å². The molecule has 0 bridgehead atoms. The number of carboxylic acid groups (broad SMARTS) is 1. The van der Waals surface area contributed by atoms with E-state index in [1.54, 1.807) is 12.1 Å². The summed E-state index contributed by atoms with van der Waals surface area (Å²) in [6, 6.07) is 5.34. The van der Waals surface area contributed by atoms with Crippen LogP contribution in [0.4, 0.5) is 0 Å². The number of aryl methyl sites for hydroxylation is 1. The molecule has 1 aliphatic rings. The third-order valence-corrected chi connectivity index (χ3v) is 2.57. The average Bonchev–Trinajstić information content (AvgIpc) is 2.43. The second-order valence-electron chi connectivity index (χ2n) is 3.61. The van der Waals surface area contributed by atoms with Crippen LogP contribution >= 0.6 is 0 Å². The molecule has 1 atom stereocenters. The number of aliphatic carboxylic acids is 1. The zero-order valence-electron chi connectivity index (χ0n) is 7.78. The predicted octanol–water partition coefficient (Wildman–Crippen LogP) is 1.75. The minimum absolute atomic E-state index is 0.0626. The molecule has 0 saturated carbocycles. The van der Waals surface area contributed by atoms with Gasteiger partial charge in [0, 0.05) is 12.0 Å². The molecule has 1 aliphatic carbocycles. The van der Waals surface area contributed by atoms with Gasteiger partial charge in [0.15, 0.2) is 5.78 Å². The Bertz CT molecular complexity index is 421. The van der Waals surface area contributed by atoms with Crippen LogP contribution in [-0.4, -0.2) is 16.9 Å². The van der Waals surface area contributed by atoms with E-state index in [0.717, 1.165) is 5.56 Å². The minimum atomic E-state index is -0.914. The Hall–Kier alpha value is -1.64. The van der Waals surface area contributed by atoms with Crippen molar-refractivity contribution in [2.75, 3.05) is 0 Å². The van der Waals surface area contributed by atoms with Crippen LogP contribution in [0.1, 0.15) is 33.8 Å². The molecule has 0 spiro atoms. The number of benzene rings is 1. The van der Waals surface area contributed by atoms with Crippen LogP contribution in [0.15, 0.2) is 18.2 Å². The van der Waals surface area contributed by atoms with Crippen LogP contribution in [0.3, 0.4) is 0 Å². The monoisotopic (exact) mass is 190 g/mol. The quantitative estimate of drug-likeness (QED) is 0.733. The van der Waals surface area contributed by atoms with E-state index in [1.165, 1.54) is 0 Å². The van der Waals surface area contributed by atoms with Gasteiger partial charge in [0.05, 0.1) is 5.92 Å². The zero-order valence-corrected chi connectivity index (χ0v) is 7.78. The highest BCUT2D eigenvalue weighted by atomic mass is 16.4. The van der Waals surface area contributed by atoms with Gasteiger partial charge in [0.2, 0.25) is 0 Å². The van der Waals surface area contributed by atoms with Crippen molar-refractivity contribution in [2.24, 2.45) is 0 Å². The van der Waals surface area contributed by atoms with Gasteiger partial charge in [-0.15, -0.1) is 0 Å². The van der Waals surface area contributed by atoms with Gasteiger partial charge in [0.25, 0.3) is 0 Å². The maximum Gasteiger partial charge on any atom is 0.311 e. The summed E-state index contributed by atoms with van der Waals surface area (Å²) in [7, 11) is 0. The van der Waals surface area contributed by atoms with Crippen LogP contribution in [0.5, 0.6) is 0 Å². The van der Waals surface area contributed by atoms with E-state index in [0.29, 0.717) is 11.1 Å². The molecule has 0 aliphatic heterocycles. The summed E-state index contributed by atoms with van der Waals surface area (Å²) in [5.41, 5.74) is 2.23. The zero-order chi connectivity index (χ0) is 10.3. The smallest absolute Gasteiger partial charge is 0.311 e. The number of carbonyl (C=O) groups excluding carboxylic acids is 1. The van der Waals surface area contributed by atoms with Gasteiger partial charge in [0.1, 0.15) is 0 Å². The number of Topliss-reactive ketones (excluding diaryl/α,β-unsaturated/α-hetero) is 1. The van der Waals surface area contributed by atoms with Crippen LogP contribution in [0.25, 0.3) is 0 Å². The molecule has 3 nitrogen and oxygen atoms in total. The molecule has 72 valence electrons. The summed E-state index contributed by atoms with van der Waals surface area (Å²) in [4.78, 5) is 22.3. The second-order valence-corrected chi connectivity index (χ2v) is 3.61. The Balaban J connectivity index is 2.56. The number of hydrogen-bond donors (Lipinski definition) is 1. The van der Waals surface area contributed by atoms with Crippen molar-refractivity contribution in [1.29, 1.82) is 0 Å². The maximum absolute atomic E-state index is 11.4. The topological polar surface area (TPSA) is 54.4 Å². The van der Waals surface area contributed by atoms with E-state index in [2.05, 4.69) is 0 Å². The van der Waals surface area contributed by atoms with E-state index in [4.69, 9.17) is 5.11 Å². The molecular weight excluding hydrogens is 180 g/mol. The average molecular weight is 190 g/mol. The Morgan fingerprint density at radius 2 is 2.21 bits per heavy atom. The molecule has 0 heterocycles. The normalized spacial score (nSPS) is 19.5. The van der Waals surface area contributed by atoms with Gasteiger partial charge in [-0.3, -0.25) is 9.59 Å². The third-order valence-electron chi connectivity index (χ3n) is 2.57. The summed E-state index contributed by atoms with van der Waals surface area (Å²) >= 11 is 0. The van der Waals surface area contributed by atoms with E-state index in [1.807, 2.05) is 13.0 Å². The standard InChI is InChI=1S/C11H10O3/c1-6-2-3-7-8(4-6)9(11(13)14)5-10(7)12/h2-4,9H,5H2,1H3,(H,13,14)/t9-/m0/s1. The number of carboxylic acids is 1. The molecular formula is C11H10O3. The van der Waals surface area contributed by atoms with Crippen LogP contribution in [-0.2, 0) is 4.79 Å². The van der Waals surface area contributed by atoms with Crippen molar-refractivity contribution in [3.8, 4) is 0 Å². The molecule has 0 aromatic heterocycles. The Morgan fingerprint density at radius 3 is 2.86 bits per heavy atom. The fourth-order valence-corrected chi connectivity index (χ4v) is 1.85. The van der Waals surface area contributed by atoms with Gasteiger partial charge in [-0.25, -0.2) is 0 Å². The predicted molar refractivity (Wildman–Crippen MR) is 50.5 cm³/mol. The highest BCUT2D eigenvalue weighted by Gasteiger charge is 2.33. The number of fused-ring (bicyclic) bond motifs is 1. The fourth-order valence-electron chi connectivity index (χ4n) is 1.85. The summed E-state index contributed by atoms with van der Waals surface area (Å²) in [6.45, 7) is 1.89. The molecule has 0 radical (unpaired) electrons. The Morgan fingerprint density at radius 1 is 1.50 bits per heavy atom. The van der Waals surface area contributed by atoms with E-state index in [9.17, 15) is 9.59 Å². The SMILES string of the molecule is Cc1ccc2c(c1)[C@@H](C(=O)O)CC2=O. The summed E-state index contributed by atoms with van der Waals surface area (Å²) < 4.78 is 0. The lowest BCUT2D eigenvalue weighted by Gasteiger charge is -2.04. The van der Waals surface area contributed by atoms with Crippen LogP contribution < -0.4 is 0 Å². The highest BCUT2D eigenvalue weighted by Crippen LogP contribution is 2.33. The van der Waals surface area contributed by atoms with Crippen LogP contribution in [0.2, 0.25) is 0 Å². The fraction of sp³-hybridized carbons (Fsp3) is 0.273. The van der Waals surface area contributed by atoms with E-state index < -0.39 is 11.9 Å². The van der Waals surface area contributed by atoms with Crippen molar-refractivity contribution in [3.63, 3.8) is 0 Å². The van der Waals surface area contributed by atoms with E-state index >= 15 is 0 Å². The first kappa shape index (κ1) is 8.94. The first-order valence-electron chi connectivity index (χ1n) is 4.46. The molecule has 0 unspecified atom stereocenters. The number of hydrogen-bond acceptors (Lipinski definition) is 2. The first-order valence-corrected chi connectivity index (χ1v) is 4.46. The molecule has 0 amide bonds. The maximum atomic E-state index is 11.4. The molecule has 2 rings (SSSR count). The lowest BCUT2D eigenvalue weighted by atomic mass is 10.00. The number of rotatable bonds is 1. The van der Waals surface area contributed by atoms with Gasteiger partial charge >= 0.3 is 5.97 Å². The molecule has 0 fully saturated rings. The highest BCUT2D eigenvalue weighted by molar-refractivity contribution is 6.05.